The van der Waals surface area contributed by atoms with E-state index in [-0.39, 0.29) is 0 Å². The van der Waals surface area contributed by atoms with Gasteiger partial charge >= 0.3 is 0 Å². The van der Waals surface area contributed by atoms with Crippen LogP contribution in [0.25, 0.3) is 0 Å². The lowest BCUT2D eigenvalue weighted by atomic mass is 9.99. The molecule has 0 saturated heterocycles. The second-order valence-electron chi connectivity index (χ2n) is 6.29. The molecule has 124 valence electrons. The summed E-state index contributed by atoms with van der Waals surface area (Å²) in [7, 11) is -4.11. The lowest BCUT2D eigenvalue weighted by molar-refractivity contribution is 0.415. The first-order chi connectivity index (χ1) is 9.84. The van der Waals surface area contributed by atoms with E-state index < -0.39 is 19.6 Å². The Labute approximate surface area is 141 Å². The molecule has 22 heavy (non-hydrogen) atoms. The summed E-state index contributed by atoms with van der Waals surface area (Å²) in [6.45, 7) is 10.9. The highest BCUT2D eigenvalue weighted by atomic mass is 32.2. The number of anilines is 1. The van der Waals surface area contributed by atoms with Gasteiger partial charge in [-0.2, -0.15) is 8.42 Å². The molecule has 0 fully saturated rings. The number of benzene rings is 1. The van der Waals surface area contributed by atoms with Crippen molar-refractivity contribution in [2.24, 2.45) is 0 Å². The van der Waals surface area contributed by atoms with Gasteiger partial charge < -0.3 is 5.73 Å². The Morgan fingerprint density at radius 1 is 1.27 bits per heavy atom. The first-order valence-corrected chi connectivity index (χ1v) is 9.79. The molecule has 0 heterocycles. The van der Waals surface area contributed by atoms with Crippen LogP contribution in [0.3, 0.4) is 0 Å². The Kier molecular flexibility index (Phi) is 6.06. The highest BCUT2D eigenvalue weighted by Gasteiger charge is 2.39. The van der Waals surface area contributed by atoms with Crippen LogP contribution in [0.1, 0.15) is 34.1 Å². The highest BCUT2D eigenvalue weighted by Crippen LogP contribution is 2.45. The Balaban J connectivity index is 2.76. The second kappa shape index (κ2) is 6.86. The van der Waals surface area contributed by atoms with E-state index in [0.717, 1.165) is 9.13 Å². The van der Waals surface area contributed by atoms with E-state index in [1.54, 1.807) is 0 Å². The number of thioether (sulfide) groups is 2. The third-order valence-corrected chi connectivity index (χ3v) is 6.87. The minimum atomic E-state index is -4.11. The standard InChI is InChI=1S/C15H23NO3S3/c1-11(20-13-9-7-6-8-12(13)16)21-14(2,3)10-15(4,5)22(17,18)19/h6-9H,1,10,16H2,2-5H3,(H,17,18,19). The predicted molar refractivity (Wildman–Crippen MR) is 97.8 cm³/mol. The molecule has 0 atom stereocenters. The topological polar surface area (TPSA) is 80.4 Å². The minimum Gasteiger partial charge on any atom is -0.398 e. The number of hydrogen-bond donors (Lipinski definition) is 2. The van der Waals surface area contributed by atoms with Crippen LogP contribution in [-0.2, 0) is 10.1 Å². The molecule has 0 saturated carbocycles. The summed E-state index contributed by atoms with van der Waals surface area (Å²) in [5, 5.41) is 0. The van der Waals surface area contributed by atoms with Gasteiger partial charge in [-0.3, -0.25) is 4.55 Å². The molecule has 0 spiro atoms. The van der Waals surface area contributed by atoms with Gasteiger partial charge in [-0.25, -0.2) is 0 Å². The molecule has 1 aromatic carbocycles. The van der Waals surface area contributed by atoms with Crippen LogP contribution < -0.4 is 5.73 Å². The average molecular weight is 362 g/mol. The van der Waals surface area contributed by atoms with Crippen molar-refractivity contribution in [1.82, 2.24) is 0 Å². The van der Waals surface area contributed by atoms with Crippen molar-refractivity contribution >= 4 is 39.3 Å². The molecule has 7 heteroatoms. The van der Waals surface area contributed by atoms with Crippen molar-refractivity contribution in [3.05, 3.63) is 35.1 Å². The highest BCUT2D eigenvalue weighted by molar-refractivity contribution is 8.22. The van der Waals surface area contributed by atoms with Crippen LogP contribution in [0.4, 0.5) is 5.69 Å². The fourth-order valence-electron chi connectivity index (χ4n) is 2.18. The molecule has 0 radical (unpaired) electrons. The van der Waals surface area contributed by atoms with Gasteiger partial charge in [0, 0.05) is 19.6 Å². The van der Waals surface area contributed by atoms with E-state index in [0.29, 0.717) is 12.1 Å². The Morgan fingerprint density at radius 3 is 2.32 bits per heavy atom. The first kappa shape index (κ1) is 19.4. The quantitative estimate of drug-likeness (QED) is 0.426. The van der Waals surface area contributed by atoms with Crippen molar-refractivity contribution in [1.29, 1.82) is 0 Å². The maximum atomic E-state index is 11.5. The molecule has 0 aliphatic carbocycles. The molecule has 0 aromatic heterocycles. The van der Waals surface area contributed by atoms with Gasteiger partial charge in [0.15, 0.2) is 0 Å². The molecule has 4 nitrogen and oxygen atoms in total. The van der Waals surface area contributed by atoms with E-state index in [1.807, 2.05) is 38.1 Å². The van der Waals surface area contributed by atoms with Crippen molar-refractivity contribution in [3.8, 4) is 0 Å². The smallest absolute Gasteiger partial charge is 0.270 e. The van der Waals surface area contributed by atoms with Crippen LogP contribution in [-0.4, -0.2) is 22.5 Å². The summed E-state index contributed by atoms with van der Waals surface area (Å²) >= 11 is 2.95. The first-order valence-electron chi connectivity index (χ1n) is 6.71. The van der Waals surface area contributed by atoms with Gasteiger partial charge in [-0.05, 0) is 32.4 Å². The van der Waals surface area contributed by atoms with E-state index in [4.69, 9.17) is 5.73 Å². The van der Waals surface area contributed by atoms with Gasteiger partial charge in [-0.1, -0.05) is 44.3 Å². The zero-order valence-corrected chi connectivity index (χ0v) is 15.7. The number of nitrogens with two attached hydrogens (primary N) is 1. The van der Waals surface area contributed by atoms with Gasteiger partial charge in [-0.15, -0.1) is 11.8 Å². The van der Waals surface area contributed by atoms with E-state index in [1.165, 1.54) is 37.4 Å². The summed E-state index contributed by atoms with van der Waals surface area (Å²) in [4.78, 5) is 0.921. The third kappa shape index (κ3) is 5.53. The number of para-hydroxylation sites is 1. The second-order valence-corrected chi connectivity index (χ2v) is 11.5. The molecule has 1 rings (SSSR count). The molecular weight excluding hydrogens is 338 g/mol. The zero-order valence-electron chi connectivity index (χ0n) is 13.3. The fraction of sp³-hybridized carbons (Fsp3) is 0.467. The third-order valence-electron chi connectivity index (χ3n) is 3.08. The van der Waals surface area contributed by atoms with Gasteiger partial charge in [0.2, 0.25) is 0 Å². The van der Waals surface area contributed by atoms with Gasteiger partial charge in [0.05, 0.1) is 4.75 Å². The summed E-state index contributed by atoms with van der Waals surface area (Å²) in [5.74, 6) is 0. The van der Waals surface area contributed by atoms with Crippen molar-refractivity contribution < 1.29 is 13.0 Å². The lowest BCUT2D eigenvalue weighted by Gasteiger charge is -2.32. The molecule has 0 aliphatic heterocycles. The number of hydrogen-bond acceptors (Lipinski definition) is 5. The lowest BCUT2D eigenvalue weighted by Crippen LogP contribution is -2.38. The Hall–Kier alpha value is -0.630. The van der Waals surface area contributed by atoms with Crippen LogP contribution in [0.2, 0.25) is 0 Å². The summed E-state index contributed by atoms with van der Waals surface area (Å²) in [6, 6.07) is 7.52. The largest absolute Gasteiger partial charge is 0.398 e. The molecule has 0 unspecified atom stereocenters. The van der Waals surface area contributed by atoms with Crippen molar-refractivity contribution in [3.63, 3.8) is 0 Å². The molecule has 1 aromatic rings. The van der Waals surface area contributed by atoms with Crippen molar-refractivity contribution in [2.45, 2.75) is 48.5 Å². The van der Waals surface area contributed by atoms with Gasteiger partial charge in [0.25, 0.3) is 10.1 Å². The van der Waals surface area contributed by atoms with Crippen LogP contribution in [0.5, 0.6) is 0 Å². The molecule has 3 N–H and O–H groups in total. The monoisotopic (exact) mass is 361 g/mol. The van der Waals surface area contributed by atoms with Gasteiger partial charge in [0.1, 0.15) is 0 Å². The van der Waals surface area contributed by atoms with Crippen LogP contribution >= 0.6 is 23.5 Å². The number of rotatable bonds is 7. The molecular formula is C15H23NO3S3. The summed E-state index contributed by atoms with van der Waals surface area (Å²) < 4.78 is 31.5. The van der Waals surface area contributed by atoms with Crippen LogP contribution in [0.15, 0.2) is 40.0 Å². The van der Waals surface area contributed by atoms with Crippen LogP contribution in [0, 0.1) is 0 Å². The average Bonchev–Trinajstić information content (AvgIpc) is 2.28. The Morgan fingerprint density at radius 2 is 1.82 bits per heavy atom. The molecule has 0 aliphatic rings. The van der Waals surface area contributed by atoms with E-state index in [9.17, 15) is 13.0 Å². The molecule has 0 amide bonds. The maximum absolute atomic E-state index is 11.5. The molecule has 0 bridgehead atoms. The van der Waals surface area contributed by atoms with E-state index >= 15 is 0 Å². The zero-order chi connectivity index (χ0) is 17.2. The summed E-state index contributed by atoms with van der Waals surface area (Å²) in [6.07, 6.45) is 0.299. The predicted octanol–water partition coefficient (Wildman–Crippen LogP) is 4.40. The van der Waals surface area contributed by atoms with Crippen molar-refractivity contribution in [2.75, 3.05) is 5.73 Å². The van der Waals surface area contributed by atoms with E-state index in [2.05, 4.69) is 6.58 Å². The maximum Gasteiger partial charge on any atom is 0.270 e. The SMILES string of the molecule is C=C(Sc1ccccc1N)SC(C)(C)CC(C)(C)S(=O)(=O)O. The Bertz CT molecular complexity index is 652. The minimum absolute atomic E-state index is 0.299. The normalized spacial score (nSPS) is 13.1. The number of nitrogen functional groups attached to an aromatic ring is 1. The fourth-order valence-corrected chi connectivity index (χ4v) is 5.55. The summed E-state index contributed by atoms with van der Waals surface area (Å²) in [5.41, 5.74) is 6.59.